The molecule has 1 unspecified atom stereocenters. The van der Waals surface area contributed by atoms with E-state index in [9.17, 15) is 9.59 Å². The van der Waals surface area contributed by atoms with E-state index in [1.165, 1.54) is 6.92 Å². The van der Waals surface area contributed by atoms with Gasteiger partial charge in [0.05, 0.1) is 12.2 Å². The van der Waals surface area contributed by atoms with Crippen molar-refractivity contribution in [3.8, 4) is 11.5 Å². The number of hydrogen-bond donors (Lipinski definition) is 1. The molecule has 0 spiro atoms. The van der Waals surface area contributed by atoms with E-state index in [4.69, 9.17) is 15.2 Å². The summed E-state index contributed by atoms with van der Waals surface area (Å²) >= 11 is 0. The van der Waals surface area contributed by atoms with Gasteiger partial charge in [-0.25, -0.2) is 0 Å². The average molecular weight is 237 g/mol. The van der Waals surface area contributed by atoms with Crippen molar-refractivity contribution in [2.24, 2.45) is 5.73 Å². The average Bonchev–Trinajstić information content (AvgIpc) is 2.31. The highest BCUT2D eigenvalue weighted by Gasteiger charge is 2.17. The normalized spacial score (nSPS) is 11.6. The predicted molar refractivity (Wildman–Crippen MR) is 62.3 cm³/mol. The van der Waals surface area contributed by atoms with Crippen molar-refractivity contribution in [3.05, 3.63) is 23.8 Å². The molecule has 1 amide bonds. The molecular weight excluding hydrogens is 222 g/mol. The molecule has 1 atom stereocenters. The number of rotatable bonds is 6. The Bertz CT molecular complexity index is 417. The van der Waals surface area contributed by atoms with Gasteiger partial charge in [0.1, 0.15) is 0 Å². The lowest BCUT2D eigenvalue weighted by Crippen LogP contribution is -2.31. The van der Waals surface area contributed by atoms with Crippen molar-refractivity contribution < 1.29 is 19.1 Å². The van der Waals surface area contributed by atoms with Crippen molar-refractivity contribution in [3.63, 3.8) is 0 Å². The third-order valence-electron chi connectivity index (χ3n) is 2.13. The largest absolute Gasteiger partial charge is 0.490 e. The zero-order valence-corrected chi connectivity index (χ0v) is 9.80. The summed E-state index contributed by atoms with van der Waals surface area (Å²) in [6.45, 7) is 3.76. The fourth-order valence-electron chi connectivity index (χ4n) is 1.26. The number of primary amides is 1. The summed E-state index contributed by atoms with van der Waals surface area (Å²) in [6.07, 6.45) is -0.179. The maximum absolute atomic E-state index is 10.9. The molecule has 1 aromatic carbocycles. The van der Waals surface area contributed by atoms with Crippen molar-refractivity contribution >= 4 is 12.2 Å². The summed E-state index contributed by atoms with van der Waals surface area (Å²) in [6, 6.07) is 4.93. The summed E-state index contributed by atoms with van der Waals surface area (Å²) in [5.41, 5.74) is 5.43. The Balaban J connectivity index is 3.08. The quantitative estimate of drug-likeness (QED) is 0.753. The van der Waals surface area contributed by atoms with Gasteiger partial charge in [0, 0.05) is 0 Å². The second-order valence-corrected chi connectivity index (χ2v) is 3.39. The lowest BCUT2D eigenvalue weighted by Gasteiger charge is -2.16. The van der Waals surface area contributed by atoms with Crippen LogP contribution >= 0.6 is 0 Å². The van der Waals surface area contributed by atoms with E-state index in [0.29, 0.717) is 24.2 Å². The first-order valence-electron chi connectivity index (χ1n) is 5.27. The molecule has 92 valence electrons. The number of nitrogens with two attached hydrogens (primary N) is 1. The minimum absolute atomic E-state index is 0.246. The van der Waals surface area contributed by atoms with E-state index < -0.39 is 12.0 Å². The SMILES string of the molecule is CCOc1cccc(C=O)c1OC(C)C(N)=O. The Morgan fingerprint density at radius 1 is 1.53 bits per heavy atom. The molecule has 0 fully saturated rings. The van der Waals surface area contributed by atoms with E-state index in [1.807, 2.05) is 6.92 Å². The van der Waals surface area contributed by atoms with Crippen molar-refractivity contribution in [1.82, 2.24) is 0 Å². The molecular formula is C12H15NO4. The highest BCUT2D eigenvalue weighted by atomic mass is 16.5. The Kier molecular flexibility index (Phi) is 4.51. The molecule has 0 aromatic heterocycles. The number of amides is 1. The summed E-state index contributed by atoms with van der Waals surface area (Å²) in [4.78, 5) is 21.8. The Morgan fingerprint density at radius 2 is 2.24 bits per heavy atom. The zero-order chi connectivity index (χ0) is 12.8. The lowest BCUT2D eigenvalue weighted by molar-refractivity contribution is -0.124. The third-order valence-corrected chi connectivity index (χ3v) is 2.13. The van der Waals surface area contributed by atoms with Crippen molar-refractivity contribution in [2.75, 3.05) is 6.61 Å². The molecule has 0 aliphatic carbocycles. The number of hydrogen-bond acceptors (Lipinski definition) is 4. The maximum Gasteiger partial charge on any atom is 0.258 e. The van der Waals surface area contributed by atoms with Crippen LogP contribution in [0.5, 0.6) is 11.5 Å². The van der Waals surface area contributed by atoms with Crippen LogP contribution in [0.1, 0.15) is 24.2 Å². The van der Waals surface area contributed by atoms with Crippen LogP contribution in [0.4, 0.5) is 0 Å². The molecule has 1 rings (SSSR count). The van der Waals surface area contributed by atoms with E-state index in [2.05, 4.69) is 0 Å². The molecule has 2 N–H and O–H groups in total. The minimum Gasteiger partial charge on any atom is -0.490 e. The number of carbonyl (C=O) groups is 2. The number of carbonyl (C=O) groups excluding carboxylic acids is 2. The minimum atomic E-state index is -0.824. The van der Waals surface area contributed by atoms with Crippen LogP contribution in [0.2, 0.25) is 0 Å². The predicted octanol–water partition coefficient (Wildman–Crippen LogP) is 1.15. The molecule has 1 aromatic rings. The van der Waals surface area contributed by atoms with Crippen LogP contribution in [0.3, 0.4) is 0 Å². The van der Waals surface area contributed by atoms with E-state index in [0.717, 1.165) is 0 Å². The molecule has 0 aliphatic rings. The first-order valence-corrected chi connectivity index (χ1v) is 5.27. The van der Waals surface area contributed by atoms with Crippen molar-refractivity contribution in [2.45, 2.75) is 20.0 Å². The smallest absolute Gasteiger partial charge is 0.258 e. The first-order chi connectivity index (χ1) is 8.10. The van der Waals surface area contributed by atoms with Gasteiger partial charge in [-0.05, 0) is 26.0 Å². The van der Waals surface area contributed by atoms with Crippen molar-refractivity contribution in [1.29, 1.82) is 0 Å². The van der Waals surface area contributed by atoms with Gasteiger partial charge in [0.2, 0.25) is 0 Å². The second kappa shape index (κ2) is 5.89. The number of benzene rings is 1. The fraction of sp³-hybridized carbons (Fsp3) is 0.333. The molecule has 5 nitrogen and oxygen atoms in total. The van der Waals surface area contributed by atoms with Gasteiger partial charge in [0.25, 0.3) is 5.91 Å². The second-order valence-electron chi connectivity index (χ2n) is 3.39. The Hall–Kier alpha value is -2.04. The summed E-state index contributed by atoms with van der Waals surface area (Å²) in [5.74, 6) is 0.0639. The molecule has 17 heavy (non-hydrogen) atoms. The van der Waals surface area contributed by atoms with Crippen LogP contribution in [0.15, 0.2) is 18.2 Å². The van der Waals surface area contributed by atoms with Gasteiger partial charge in [0.15, 0.2) is 23.9 Å². The third kappa shape index (κ3) is 3.21. The molecule has 0 heterocycles. The molecule has 5 heteroatoms. The lowest BCUT2D eigenvalue weighted by atomic mass is 10.2. The van der Waals surface area contributed by atoms with Crippen LogP contribution in [0.25, 0.3) is 0 Å². The summed E-state index contributed by atoms with van der Waals surface area (Å²) in [7, 11) is 0. The Morgan fingerprint density at radius 3 is 2.76 bits per heavy atom. The van der Waals surface area contributed by atoms with Gasteiger partial charge >= 0.3 is 0 Å². The summed E-state index contributed by atoms with van der Waals surface area (Å²) in [5, 5.41) is 0. The van der Waals surface area contributed by atoms with Crippen LogP contribution in [-0.4, -0.2) is 24.9 Å². The molecule has 0 radical (unpaired) electrons. The maximum atomic E-state index is 10.9. The number of para-hydroxylation sites is 1. The van der Waals surface area contributed by atoms with E-state index in [-0.39, 0.29) is 5.75 Å². The molecule has 0 bridgehead atoms. The van der Waals surface area contributed by atoms with Gasteiger partial charge in [-0.15, -0.1) is 0 Å². The highest BCUT2D eigenvalue weighted by Crippen LogP contribution is 2.31. The van der Waals surface area contributed by atoms with E-state index >= 15 is 0 Å². The fourth-order valence-corrected chi connectivity index (χ4v) is 1.26. The topological polar surface area (TPSA) is 78.6 Å². The molecule has 0 aliphatic heterocycles. The Labute approximate surface area is 99.5 Å². The number of ether oxygens (including phenoxy) is 2. The van der Waals surface area contributed by atoms with Gasteiger partial charge in [-0.1, -0.05) is 6.07 Å². The first kappa shape index (κ1) is 13.0. The molecule has 0 saturated heterocycles. The summed E-state index contributed by atoms with van der Waals surface area (Å²) < 4.78 is 10.7. The van der Waals surface area contributed by atoms with Gasteiger partial charge in [-0.3, -0.25) is 9.59 Å². The standard InChI is InChI=1S/C12H15NO4/c1-3-16-10-6-4-5-9(7-14)11(10)17-8(2)12(13)15/h4-8H,3H2,1-2H3,(H2,13,15). The van der Waals surface area contributed by atoms with Gasteiger partial charge in [-0.2, -0.15) is 0 Å². The van der Waals surface area contributed by atoms with E-state index in [1.54, 1.807) is 18.2 Å². The van der Waals surface area contributed by atoms with Crippen LogP contribution < -0.4 is 15.2 Å². The highest BCUT2D eigenvalue weighted by molar-refractivity contribution is 5.83. The van der Waals surface area contributed by atoms with Crippen LogP contribution in [0, 0.1) is 0 Å². The van der Waals surface area contributed by atoms with Gasteiger partial charge < -0.3 is 15.2 Å². The monoisotopic (exact) mass is 237 g/mol. The molecule has 0 saturated carbocycles. The van der Waals surface area contributed by atoms with Crippen LogP contribution in [-0.2, 0) is 4.79 Å². The zero-order valence-electron chi connectivity index (χ0n) is 9.80. The number of aldehydes is 1.